The molecule has 5 nitrogen and oxygen atoms in total. The SMILES string of the molecule is O=C(CC(c1ccccc1)c1ccccc1)NC1CCN(C(=O)c2ccco2)CC1. The van der Waals surface area contributed by atoms with E-state index in [4.69, 9.17) is 4.42 Å². The Morgan fingerprint density at radius 3 is 2.03 bits per heavy atom. The topological polar surface area (TPSA) is 62.6 Å². The standard InChI is InChI=1S/C25H26N2O3/c28-24(18-22(19-8-3-1-4-9-19)20-10-5-2-6-11-20)26-21-13-15-27(16-14-21)25(29)23-12-7-17-30-23/h1-12,17,21-22H,13-16,18H2,(H,26,28). The fraction of sp³-hybridized carbons (Fsp3) is 0.280. The second-order valence-electron chi connectivity index (χ2n) is 7.69. The van der Waals surface area contributed by atoms with Crippen molar-refractivity contribution in [3.8, 4) is 0 Å². The summed E-state index contributed by atoms with van der Waals surface area (Å²) in [7, 11) is 0. The highest BCUT2D eigenvalue weighted by atomic mass is 16.3. The molecule has 1 aromatic heterocycles. The van der Waals surface area contributed by atoms with Gasteiger partial charge in [0.15, 0.2) is 5.76 Å². The van der Waals surface area contributed by atoms with Crippen molar-refractivity contribution in [2.24, 2.45) is 0 Å². The van der Waals surface area contributed by atoms with E-state index in [1.165, 1.54) is 6.26 Å². The second kappa shape index (κ2) is 9.44. The van der Waals surface area contributed by atoms with E-state index in [-0.39, 0.29) is 23.8 Å². The van der Waals surface area contributed by atoms with Crippen molar-refractivity contribution in [1.29, 1.82) is 0 Å². The van der Waals surface area contributed by atoms with Crippen molar-refractivity contribution in [2.75, 3.05) is 13.1 Å². The highest BCUT2D eigenvalue weighted by Crippen LogP contribution is 2.28. The molecule has 1 saturated heterocycles. The third-order valence-electron chi connectivity index (χ3n) is 5.67. The number of amides is 2. The third kappa shape index (κ3) is 4.79. The van der Waals surface area contributed by atoms with E-state index in [9.17, 15) is 9.59 Å². The molecule has 0 spiro atoms. The lowest BCUT2D eigenvalue weighted by molar-refractivity contribution is -0.122. The summed E-state index contributed by atoms with van der Waals surface area (Å²) in [4.78, 5) is 27.0. The summed E-state index contributed by atoms with van der Waals surface area (Å²) in [6.07, 6.45) is 3.41. The largest absolute Gasteiger partial charge is 0.459 e. The summed E-state index contributed by atoms with van der Waals surface area (Å²) < 4.78 is 5.21. The van der Waals surface area contributed by atoms with E-state index in [0.29, 0.717) is 25.3 Å². The van der Waals surface area contributed by atoms with Crippen molar-refractivity contribution in [3.05, 3.63) is 95.9 Å². The first-order chi connectivity index (χ1) is 14.7. The molecule has 0 aliphatic carbocycles. The van der Waals surface area contributed by atoms with E-state index < -0.39 is 0 Å². The molecule has 0 atom stereocenters. The van der Waals surface area contributed by atoms with Gasteiger partial charge in [-0.1, -0.05) is 60.7 Å². The van der Waals surface area contributed by atoms with Gasteiger partial charge in [-0.05, 0) is 36.1 Å². The number of nitrogens with one attached hydrogen (secondary N) is 1. The molecule has 2 aromatic carbocycles. The number of benzene rings is 2. The Labute approximate surface area is 176 Å². The highest BCUT2D eigenvalue weighted by Gasteiger charge is 2.26. The fourth-order valence-electron chi connectivity index (χ4n) is 4.05. The number of hydrogen-bond acceptors (Lipinski definition) is 3. The van der Waals surface area contributed by atoms with Gasteiger partial charge in [-0.3, -0.25) is 9.59 Å². The van der Waals surface area contributed by atoms with Crippen LogP contribution in [0.25, 0.3) is 0 Å². The zero-order valence-corrected chi connectivity index (χ0v) is 16.9. The van der Waals surface area contributed by atoms with Gasteiger partial charge in [0.1, 0.15) is 0 Å². The third-order valence-corrected chi connectivity index (χ3v) is 5.67. The number of carbonyl (C=O) groups is 2. The van der Waals surface area contributed by atoms with E-state index in [2.05, 4.69) is 29.6 Å². The lowest BCUT2D eigenvalue weighted by Gasteiger charge is -2.32. The molecule has 4 rings (SSSR count). The molecule has 1 N–H and O–H groups in total. The van der Waals surface area contributed by atoms with Gasteiger partial charge in [0, 0.05) is 31.5 Å². The number of piperidine rings is 1. The minimum Gasteiger partial charge on any atom is -0.459 e. The zero-order chi connectivity index (χ0) is 20.8. The van der Waals surface area contributed by atoms with Crippen LogP contribution in [0.3, 0.4) is 0 Å². The van der Waals surface area contributed by atoms with E-state index in [1.54, 1.807) is 17.0 Å². The second-order valence-corrected chi connectivity index (χ2v) is 7.69. The number of hydrogen-bond donors (Lipinski definition) is 1. The van der Waals surface area contributed by atoms with Gasteiger partial charge in [-0.25, -0.2) is 0 Å². The van der Waals surface area contributed by atoms with Crippen molar-refractivity contribution in [2.45, 2.75) is 31.2 Å². The summed E-state index contributed by atoms with van der Waals surface area (Å²) >= 11 is 0. The first-order valence-corrected chi connectivity index (χ1v) is 10.4. The van der Waals surface area contributed by atoms with Crippen LogP contribution in [0, 0.1) is 0 Å². The monoisotopic (exact) mass is 402 g/mol. The predicted octanol–water partition coefficient (Wildman–Crippen LogP) is 4.22. The van der Waals surface area contributed by atoms with Gasteiger partial charge in [-0.15, -0.1) is 0 Å². The van der Waals surface area contributed by atoms with Crippen LogP contribution in [-0.4, -0.2) is 35.8 Å². The van der Waals surface area contributed by atoms with Gasteiger partial charge in [0.2, 0.25) is 5.91 Å². The minimum atomic E-state index is -0.0852. The quantitative estimate of drug-likeness (QED) is 0.671. The average Bonchev–Trinajstić information content (AvgIpc) is 3.34. The van der Waals surface area contributed by atoms with Gasteiger partial charge in [-0.2, -0.15) is 0 Å². The van der Waals surface area contributed by atoms with Crippen LogP contribution in [0.5, 0.6) is 0 Å². The molecule has 5 heteroatoms. The van der Waals surface area contributed by atoms with Crippen LogP contribution in [-0.2, 0) is 4.79 Å². The maximum absolute atomic E-state index is 12.9. The Morgan fingerprint density at radius 2 is 1.50 bits per heavy atom. The van der Waals surface area contributed by atoms with E-state index in [1.807, 2.05) is 36.4 Å². The smallest absolute Gasteiger partial charge is 0.289 e. The lowest BCUT2D eigenvalue weighted by Crippen LogP contribution is -2.46. The Kier molecular flexibility index (Phi) is 6.28. The molecule has 1 aliphatic heterocycles. The summed E-state index contributed by atoms with van der Waals surface area (Å²) in [5, 5.41) is 3.18. The average molecular weight is 402 g/mol. The van der Waals surface area contributed by atoms with Crippen LogP contribution >= 0.6 is 0 Å². The Morgan fingerprint density at radius 1 is 0.900 bits per heavy atom. The molecule has 0 radical (unpaired) electrons. The molecule has 1 aliphatic rings. The molecule has 3 aromatic rings. The number of rotatable bonds is 6. The lowest BCUT2D eigenvalue weighted by atomic mass is 9.88. The summed E-state index contributed by atoms with van der Waals surface area (Å²) in [6, 6.07) is 23.8. The predicted molar refractivity (Wildman–Crippen MR) is 115 cm³/mol. The number of furan rings is 1. The summed E-state index contributed by atoms with van der Waals surface area (Å²) in [6.45, 7) is 1.23. The summed E-state index contributed by atoms with van der Waals surface area (Å²) in [5.74, 6) is 0.348. The molecule has 154 valence electrons. The molecule has 2 amide bonds. The molecule has 0 bridgehead atoms. The number of nitrogens with zero attached hydrogens (tertiary/aromatic N) is 1. The van der Waals surface area contributed by atoms with Crippen LogP contribution in [0.2, 0.25) is 0 Å². The molecular weight excluding hydrogens is 376 g/mol. The molecule has 30 heavy (non-hydrogen) atoms. The Balaban J connectivity index is 1.35. The van der Waals surface area contributed by atoms with Crippen molar-refractivity contribution in [1.82, 2.24) is 10.2 Å². The maximum Gasteiger partial charge on any atom is 0.289 e. The van der Waals surface area contributed by atoms with Crippen molar-refractivity contribution < 1.29 is 14.0 Å². The van der Waals surface area contributed by atoms with Crippen LogP contribution in [0.1, 0.15) is 46.9 Å². The number of likely N-dealkylation sites (tertiary alicyclic amines) is 1. The van der Waals surface area contributed by atoms with Crippen molar-refractivity contribution in [3.63, 3.8) is 0 Å². The fourth-order valence-corrected chi connectivity index (χ4v) is 4.05. The van der Waals surface area contributed by atoms with Gasteiger partial charge in [0.25, 0.3) is 5.91 Å². The first-order valence-electron chi connectivity index (χ1n) is 10.4. The molecule has 2 heterocycles. The van der Waals surface area contributed by atoms with E-state index in [0.717, 1.165) is 24.0 Å². The molecule has 0 unspecified atom stereocenters. The van der Waals surface area contributed by atoms with Crippen molar-refractivity contribution >= 4 is 11.8 Å². The van der Waals surface area contributed by atoms with Crippen LogP contribution in [0.15, 0.2) is 83.5 Å². The normalized spacial score (nSPS) is 14.6. The number of carbonyl (C=O) groups excluding carboxylic acids is 2. The van der Waals surface area contributed by atoms with E-state index >= 15 is 0 Å². The van der Waals surface area contributed by atoms with Crippen LogP contribution in [0.4, 0.5) is 0 Å². The van der Waals surface area contributed by atoms with Gasteiger partial charge < -0.3 is 14.6 Å². The van der Waals surface area contributed by atoms with Gasteiger partial charge >= 0.3 is 0 Å². The Hall–Kier alpha value is -3.34. The summed E-state index contributed by atoms with van der Waals surface area (Å²) in [5.41, 5.74) is 2.27. The zero-order valence-electron chi connectivity index (χ0n) is 16.9. The minimum absolute atomic E-state index is 0.0213. The van der Waals surface area contributed by atoms with Gasteiger partial charge in [0.05, 0.1) is 6.26 Å². The molecule has 1 fully saturated rings. The molecular formula is C25H26N2O3. The maximum atomic E-state index is 12.9. The van der Waals surface area contributed by atoms with Crippen LogP contribution < -0.4 is 5.32 Å². The highest BCUT2D eigenvalue weighted by molar-refractivity contribution is 5.91. The molecule has 0 saturated carbocycles. The Bertz CT molecular complexity index is 907. The first kappa shape index (κ1) is 20.0.